The Kier molecular flexibility index (Phi) is 4.43. The van der Waals surface area contributed by atoms with E-state index in [4.69, 9.17) is 0 Å². The molecule has 1 N–H and O–H groups in total. The molecule has 20 heavy (non-hydrogen) atoms. The average molecular weight is 278 g/mol. The van der Waals surface area contributed by atoms with Gasteiger partial charge in [0, 0.05) is 18.8 Å². The summed E-state index contributed by atoms with van der Waals surface area (Å²) >= 11 is 0. The Bertz CT molecular complexity index is 481. The molecule has 1 saturated heterocycles. The third kappa shape index (κ3) is 2.57. The number of nitrogens with one attached hydrogen (secondary N) is 1. The van der Waals surface area contributed by atoms with Crippen molar-refractivity contribution in [2.45, 2.75) is 27.2 Å². The van der Waals surface area contributed by atoms with E-state index in [0.29, 0.717) is 18.8 Å². The average Bonchev–Trinajstić information content (AvgIpc) is 2.90. The van der Waals surface area contributed by atoms with Gasteiger partial charge in [0.1, 0.15) is 5.82 Å². The molecule has 1 fully saturated rings. The van der Waals surface area contributed by atoms with Gasteiger partial charge in [-0.1, -0.05) is 19.9 Å². The van der Waals surface area contributed by atoms with Crippen LogP contribution in [0.15, 0.2) is 24.3 Å². The van der Waals surface area contributed by atoms with Crippen LogP contribution < -0.4 is 10.2 Å². The van der Waals surface area contributed by atoms with E-state index in [1.165, 1.54) is 12.1 Å². The van der Waals surface area contributed by atoms with Gasteiger partial charge < -0.3 is 10.2 Å². The standard InChI is InChI=1S/C16H23FN2O/c1-4-19(14-7-5-6-13(17)10-14)15(20)16(12(2)3)8-9-18-11-16/h5-7,10,12,18H,4,8-9,11H2,1-3H3. The summed E-state index contributed by atoms with van der Waals surface area (Å²) in [6, 6.07) is 6.27. The van der Waals surface area contributed by atoms with Gasteiger partial charge >= 0.3 is 0 Å². The quantitative estimate of drug-likeness (QED) is 0.918. The van der Waals surface area contributed by atoms with Gasteiger partial charge in [-0.15, -0.1) is 0 Å². The van der Waals surface area contributed by atoms with Crippen molar-refractivity contribution < 1.29 is 9.18 Å². The van der Waals surface area contributed by atoms with Crippen LogP contribution in [0.5, 0.6) is 0 Å². The maximum atomic E-state index is 13.4. The number of hydrogen-bond donors (Lipinski definition) is 1. The van der Waals surface area contributed by atoms with Crippen molar-refractivity contribution in [1.29, 1.82) is 0 Å². The van der Waals surface area contributed by atoms with Gasteiger partial charge in [-0.05, 0) is 44.0 Å². The molecule has 1 aromatic carbocycles. The molecular weight excluding hydrogens is 255 g/mol. The van der Waals surface area contributed by atoms with E-state index in [2.05, 4.69) is 19.2 Å². The minimum absolute atomic E-state index is 0.102. The first-order valence-electron chi connectivity index (χ1n) is 7.29. The van der Waals surface area contributed by atoms with Gasteiger partial charge in [0.25, 0.3) is 0 Å². The number of rotatable bonds is 4. The first-order valence-corrected chi connectivity index (χ1v) is 7.29. The summed E-state index contributed by atoms with van der Waals surface area (Å²) < 4.78 is 13.4. The minimum Gasteiger partial charge on any atom is -0.316 e. The van der Waals surface area contributed by atoms with Crippen molar-refractivity contribution in [3.8, 4) is 0 Å². The zero-order valence-electron chi connectivity index (χ0n) is 12.4. The number of anilines is 1. The Morgan fingerprint density at radius 1 is 1.50 bits per heavy atom. The van der Waals surface area contributed by atoms with Crippen molar-refractivity contribution in [1.82, 2.24) is 5.32 Å². The summed E-state index contributed by atoms with van der Waals surface area (Å²) in [5.41, 5.74) is 0.270. The van der Waals surface area contributed by atoms with Crippen LogP contribution in [0, 0.1) is 17.2 Å². The summed E-state index contributed by atoms with van der Waals surface area (Å²) in [4.78, 5) is 14.7. The van der Waals surface area contributed by atoms with E-state index in [-0.39, 0.29) is 23.1 Å². The highest BCUT2D eigenvalue weighted by atomic mass is 19.1. The maximum Gasteiger partial charge on any atom is 0.234 e. The van der Waals surface area contributed by atoms with Crippen LogP contribution in [0.4, 0.5) is 10.1 Å². The Morgan fingerprint density at radius 2 is 2.25 bits per heavy atom. The highest BCUT2D eigenvalue weighted by Gasteiger charge is 2.46. The summed E-state index contributed by atoms with van der Waals surface area (Å²) in [6.45, 7) is 8.23. The Labute approximate surface area is 120 Å². The largest absolute Gasteiger partial charge is 0.316 e. The number of carbonyl (C=O) groups excluding carboxylic acids is 1. The zero-order chi connectivity index (χ0) is 14.8. The van der Waals surface area contributed by atoms with Gasteiger partial charge in [0.15, 0.2) is 0 Å². The molecule has 1 aliphatic heterocycles. The first-order chi connectivity index (χ1) is 9.51. The molecule has 0 bridgehead atoms. The summed E-state index contributed by atoms with van der Waals surface area (Å²) in [5.74, 6) is 0.0510. The predicted molar refractivity (Wildman–Crippen MR) is 79.2 cm³/mol. The lowest BCUT2D eigenvalue weighted by Gasteiger charge is -2.36. The molecule has 1 atom stereocenters. The van der Waals surface area contributed by atoms with Gasteiger partial charge in [0.2, 0.25) is 5.91 Å². The molecule has 0 saturated carbocycles. The molecule has 1 heterocycles. The van der Waals surface area contributed by atoms with Crippen molar-refractivity contribution in [2.24, 2.45) is 11.3 Å². The third-order valence-corrected chi connectivity index (χ3v) is 4.40. The fourth-order valence-corrected chi connectivity index (χ4v) is 2.99. The van der Waals surface area contributed by atoms with Crippen molar-refractivity contribution >= 4 is 11.6 Å². The number of nitrogens with zero attached hydrogens (tertiary/aromatic N) is 1. The van der Waals surface area contributed by atoms with Crippen LogP contribution >= 0.6 is 0 Å². The molecule has 4 heteroatoms. The second-order valence-corrected chi connectivity index (χ2v) is 5.77. The van der Waals surface area contributed by atoms with Crippen molar-refractivity contribution in [2.75, 3.05) is 24.5 Å². The van der Waals surface area contributed by atoms with Crippen LogP contribution in [-0.4, -0.2) is 25.5 Å². The topological polar surface area (TPSA) is 32.3 Å². The lowest BCUT2D eigenvalue weighted by molar-refractivity contribution is -0.129. The van der Waals surface area contributed by atoms with Gasteiger partial charge in [0.05, 0.1) is 5.41 Å². The molecule has 2 rings (SSSR count). The van der Waals surface area contributed by atoms with E-state index in [0.717, 1.165) is 13.0 Å². The Hall–Kier alpha value is -1.42. The van der Waals surface area contributed by atoms with E-state index in [9.17, 15) is 9.18 Å². The molecule has 0 radical (unpaired) electrons. The van der Waals surface area contributed by atoms with E-state index in [1.807, 2.05) is 6.92 Å². The smallest absolute Gasteiger partial charge is 0.234 e. The molecule has 0 aliphatic carbocycles. The Balaban J connectivity index is 2.33. The first kappa shape index (κ1) is 15.0. The molecule has 1 unspecified atom stereocenters. The highest BCUT2D eigenvalue weighted by Crippen LogP contribution is 2.37. The second-order valence-electron chi connectivity index (χ2n) is 5.77. The maximum absolute atomic E-state index is 13.4. The molecule has 0 spiro atoms. The fraction of sp³-hybridized carbons (Fsp3) is 0.562. The molecule has 1 aliphatic rings. The Morgan fingerprint density at radius 3 is 2.75 bits per heavy atom. The molecule has 1 aromatic rings. The van der Waals surface area contributed by atoms with Crippen LogP contribution in [0.2, 0.25) is 0 Å². The predicted octanol–water partition coefficient (Wildman–Crippen LogP) is 2.81. The highest BCUT2D eigenvalue weighted by molar-refractivity contribution is 5.98. The van der Waals surface area contributed by atoms with Crippen LogP contribution in [0.25, 0.3) is 0 Å². The molecule has 110 valence electrons. The van der Waals surface area contributed by atoms with Gasteiger partial charge in [-0.2, -0.15) is 0 Å². The minimum atomic E-state index is -0.373. The molecule has 3 nitrogen and oxygen atoms in total. The van der Waals surface area contributed by atoms with E-state index >= 15 is 0 Å². The van der Waals surface area contributed by atoms with Crippen LogP contribution in [-0.2, 0) is 4.79 Å². The molecule has 1 amide bonds. The summed E-state index contributed by atoms with van der Waals surface area (Å²) in [6.07, 6.45) is 0.843. The number of carbonyl (C=O) groups is 1. The van der Waals surface area contributed by atoms with Crippen molar-refractivity contribution in [3.63, 3.8) is 0 Å². The third-order valence-electron chi connectivity index (χ3n) is 4.40. The summed E-state index contributed by atoms with van der Waals surface area (Å²) in [5, 5.41) is 3.30. The van der Waals surface area contributed by atoms with Crippen molar-refractivity contribution in [3.05, 3.63) is 30.1 Å². The van der Waals surface area contributed by atoms with E-state index in [1.54, 1.807) is 17.0 Å². The lowest BCUT2D eigenvalue weighted by atomic mass is 9.75. The van der Waals surface area contributed by atoms with Crippen LogP contribution in [0.1, 0.15) is 27.2 Å². The SMILES string of the molecule is CCN(C(=O)C1(C(C)C)CCNC1)c1cccc(F)c1. The number of hydrogen-bond acceptors (Lipinski definition) is 2. The van der Waals surface area contributed by atoms with Gasteiger partial charge in [-0.25, -0.2) is 4.39 Å². The number of benzene rings is 1. The zero-order valence-corrected chi connectivity index (χ0v) is 12.4. The van der Waals surface area contributed by atoms with Crippen LogP contribution in [0.3, 0.4) is 0 Å². The number of halogens is 1. The number of amides is 1. The lowest BCUT2D eigenvalue weighted by Crippen LogP contribution is -2.48. The van der Waals surface area contributed by atoms with E-state index < -0.39 is 0 Å². The van der Waals surface area contributed by atoms with Gasteiger partial charge in [-0.3, -0.25) is 4.79 Å². The second kappa shape index (κ2) is 5.92. The molecule has 0 aromatic heterocycles. The normalized spacial score (nSPS) is 22.2. The summed E-state index contributed by atoms with van der Waals surface area (Å²) in [7, 11) is 0. The monoisotopic (exact) mass is 278 g/mol. The molecular formula is C16H23FN2O. The fourth-order valence-electron chi connectivity index (χ4n) is 2.99.